The molecule has 0 aliphatic heterocycles. The summed E-state index contributed by atoms with van der Waals surface area (Å²) in [7, 11) is 0. The maximum absolute atomic E-state index is 12.6. The summed E-state index contributed by atoms with van der Waals surface area (Å²) >= 11 is 5.15. The summed E-state index contributed by atoms with van der Waals surface area (Å²) in [6.45, 7) is 8.33. The lowest BCUT2D eigenvalue weighted by atomic mass is 9.87. The molecule has 2 aromatic carbocycles. The van der Waals surface area contributed by atoms with Gasteiger partial charge in [0, 0.05) is 23.4 Å². The van der Waals surface area contributed by atoms with Crippen LogP contribution in [0.25, 0.3) is 0 Å². The van der Waals surface area contributed by atoms with Crippen molar-refractivity contribution >= 4 is 46.5 Å². The Balaban J connectivity index is 1.91. The highest BCUT2D eigenvalue weighted by atomic mass is 32.1. The van der Waals surface area contributed by atoms with Crippen LogP contribution in [0.4, 0.5) is 11.4 Å². The van der Waals surface area contributed by atoms with E-state index in [-0.39, 0.29) is 35.9 Å². The monoisotopic (exact) mass is 455 g/mol. The van der Waals surface area contributed by atoms with Crippen LogP contribution < -0.4 is 16.0 Å². The quantitative estimate of drug-likeness (QED) is 0.423. The Kier molecular flexibility index (Phi) is 8.90. The Hall–Kier alpha value is -3.26. The number of esters is 1. The number of ether oxygens (including phenoxy) is 1. The molecule has 7 nitrogen and oxygen atoms in total. The van der Waals surface area contributed by atoms with Crippen LogP contribution >= 0.6 is 12.2 Å². The fourth-order valence-corrected chi connectivity index (χ4v) is 3.03. The SMILES string of the molecule is CCOC(=O)CCC(=O)NC(=S)Nc1cccc(NC(=O)c2ccc(C(C)(C)C)cc2)c1. The van der Waals surface area contributed by atoms with Gasteiger partial charge in [-0.15, -0.1) is 0 Å². The van der Waals surface area contributed by atoms with Crippen molar-refractivity contribution in [1.29, 1.82) is 0 Å². The third-order valence-corrected chi connectivity index (χ3v) is 4.71. The van der Waals surface area contributed by atoms with Crippen LogP contribution in [0, 0.1) is 0 Å². The lowest BCUT2D eigenvalue weighted by Crippen LogP contribution is -2.34. The van der Waals surface area contributed by atoms with Gasteiger partial charge in [-0.25, -0.2) is 0 Å². The minimum Gasteiger partial charge on any atom is -0.466 e. The number of carbonyl (C=O) groups excluding carboxylic acids is 3. The summed E-state index contributed by atoms with van der Waals surface area (Å²) in [4.78, 5) is 35.8. The molecule has 0 saturated heterocycles. The van der Waals surface area contributed by atoms with Crippen molar-refractivity contribution in [3.8, 4) is 0 Å². The molecule has 8 heteroatoms. The first-order valence-electron chi connectivity index (χ1n) is 10.4. The molecule has 0 heterocycles. The molecule has 2 aromatic rings. The molecule has 0 aliphatic rings. The Bertz CT molecular complexity index is 981. The van der Waals surface area contributed by atoms with Gasteiger partial charge in [-0.3, -0.25) is 14.4 Å². The van der Waals surface area contributed by atoms with E-state index in [1.807, 2.05) is 12.1 Å². The Labute approximate surface area is 193 Å². The summed E-state index contributed by atoms with van der Waals surface area (Å²) in [6.07, 6.45) is -0.0364. The number of hydrogen-bond acceptors (Lipinski definition) is 5. The molecule has 0 spiro atoms. The largest absolute Gasteiger partial charge is 0.466 e. The zero-order valence-corrected chi connectivity index (χ0v) is 19.6. The molecule has 0 fully saturated rings. The third-order valence-electron chi connectivity index (χ3n) is 4.51. The molecule has 170 valence electrons. The fraction of sp³-hybridized carbons (Fsp3) is 0.333. The minimum absolute atomic E-state index is 0.0134. The Morgan fingerprint density at radius 2 is 1.56 bits per heavy atom. The van der Waals surface area contributed by atoms with Crippen LogP contribution in [0.15, 0.2) is 48.5 Å². The molecule has 32 heavy (non-hydrogen) atoms. The van der Waals surface area contributed by atoms with Crippen molar-refractivity contribution in [2.45, 2.75) is 46.0 Å². The molecule has 0 atom stereocenters. The van der Waals surface area contributed by atoms with Gasteiger partial charge >= 0.3 is 5.97 Å². The molecule has 3 N–H and O–H groups in total. The van der Waals surface area contributed by atoms with E-state index in [4.69, 9.17) is 17.0 Å². The predicted molar refractivity (Wildman–Crippen MR) is 130 cm³/mol. The number of rotatable bonds is 7. The zero-order chi connectivity index (χ0) is 23.7. The molecule has 0 saturated carbocycles. The molecule has 2 rings (SSSR count). The minimum atomic E-state index is -0.432. The lowest BCUT2D eigenvalue weighted by molar-refractivity contribution is -0.144. The first kappa shape index (κ1) is 25.0. The van der Waals surface area contributed by atoms with Crippen LogP contribution in [-0.4, -0.2) is 29.5 Å². The van der Waals surface area contributed by atoms with Gasteiger partial charge in [0.1, 0.15) is 0 Å². The number of benzene rings is 2. The number of hydrogen-bond donors (Lipinski definition) is 3. The van der Waals surface area contributed by atoms with Crippen molar-refractivity contribution in [2.24, 2.45) is 0 Å². The molecule has 0 aromatic heterocycles. The third kappa shape index (κ3) is 8.11. The van der Waals surface area contributed by atoms with E-state index in [1.165, 1.54) is 0 Å². The van der Waals surface area contributed by atoms with Crippen molar-refractivity contribution in [1.82, 2.24) is 5.32 Å². The standard InChI is InChI=1S/C24H29N3O4S/c1-5-31-21(29)14-13-20(28)27-23(32)26-19-8-6-7-18(15-19)25-22(30)16-9-11-17(12-10-16)24(2,3)4/h6-12,15H,5,13-14H2,1-4H3,(H,25,30)(H2,26,27,28,32). The highest BCUT2D eigenvalue weighted by Gasteiger charge is 2.14. The average molecular weight is 456 g/mol. The van der Waals surface area contributed by atoms with E-state index in [2.05, 4.69) is 36.7 Å². The van der Waals surface area contributed by atoms with Gasteiger partial charge in [-0.05, 0) is 60.5 Å². The van der Waals surface area contributed by atoms with E-state index >= 15 is 0 Å². The number of nitrogens with one attached hydrogen (secondary N) is 3. The Morgan fingerprint density at radius 1 is 0.938 bits per heavy atom. The summed E-state index contributed by atoms with van der Waals surface area (Å²) in [6, 6.07) is 14.5. The van der Waals surface area contributed by atoms with Gasteiger partial charge in [-0.1, -0.05) is 39.0 Å². The smallest absolute Gasteiger partial charge is 0.306 e. The number of carbonyl (C=O) groups is 3. The highest BCUT2D eigenvalue weighted by molar-refractivity contribution is 7.80. The topological polar surface area (TPSA) is 96.5 Å². The first-order valence-corrected chi connectivity index (χ1v) is 10.8. The van der Waals surface area contributed by atoms with E-state index in [1.54, 1.807) is 43.3 Å². The molecular formula is C24H29N3O4S. The van der Waals surface area contributed by atoms with Crippen molar-refractivity contribution in [3.63, 3.8) is 0 Å². The van der Waals surface area contributed by atoms with Gasteiger partial charge in [0.15, 0.2) is 5.11 Å². The molecule has 0 bridgehead atoms. The number of anilines is 2. The second-order valence-corrected chi connectivity index (χ2v) is 8.58. The second kappa shape index (κ2) is 11.4. The molecular weight excluding hydrogens is 426 g/mol. The molecule has 0 unspecified atom stereocenters. The van der Waals surface area contributed by atoms with E-state index < -0.39 is 11.9 Å². The van der Waals surface area contributed by atoms with Crippen molar-refractivity contribution in [2.75, 3.05) is 17.2 Å². The summed E-state index contributed by atoms with van der Waals surface area (Å²) < 4.78 is 4.79. The highest BCUT2D eigenvalue weighted by Crippen LogP contribution is 2.23. The van der Waals surface area contributed by atoms with Crippen LogP contribution in [0.3, 0.4) is 0 Å². The van der Waals surface area contributed by atoms with Gasteiger partial charge in [0.05, 0.1) is 13.0 Å². The second-order valence-electron chi connectivity index (χ2n) is 8.17. The fourth-order valence-electron chi connectivity index (χ4n) is 2.80. The van der Waals surface area contributed by atoms with Crippen LogP contribution in [0.2, 0.25) is 0 Å². The van der Waals surface area contributed by atoms with Crippen LogP contribution in [-0.2, 0) is 19.7 Å². The van der Waals surface area contributed by atoms with Crippen molar-refractivity contribution in [3.05, 3.63) is 59.7 Å². The first-order chi connectivity index (χ1) is 15.1. The van der Waals surface area contributed by atoms with Gasteiger partial charge in [0.2, 0.25) is 5.91 Å². The van der Waals surface area contributed by atoms with Gasteiger partial charge < -0.3 is 20.7 Å². The van der Waals surface area contributed by atoms with E-state index in [0.717, 1.165) is 5.56 Å². The van der Waals surface area contributed by atoms with E-state index in [9.17, 15) is 14.4 Å². The lowest BCUT2D eigenvalue weighted by Gasteiger charge is -2.19. The summed E-state index contributed by atoms with van der Waals surface area (Å²) in [5.41, 5.74) is 2.90. The molecule has 0 aliphatic carbocycles. The zero-order valence-electron chi connectivity index (χ0n) is 18.8. The van der Waals surface area contributed by atoms with E-state index in [0.29, 0.717) is 16.9 Å². The Morgan fingerprint density at radius 3 is 2.16 bits per heavy atom. The predicted octanol–water partition coefficient (Wildman–Crippen LogP) is 4.39. The maximum Gasteiger partial charge on any atom is 0.306 e. The number of thiocarbonyl (C=S) groups is 1. The number of amides is 2. The van der Waals surface area contributed by atoms with Crippen LogP contribution in [0.1, 0.15) is 56.5 Å². The van der Waals surface area contributed by atoms with Gasteiger partial charge in [-0.2, -0.15) is 0 Å². The summed E-state index contributed by atoms with van der Waals surface area (Å²) in [5.74, 6) is -1.05. The van der Waals surface area contributed by atoms with Crippen LogP contribution in [0.5, 0.6) is 0 Å². The summed E-state index contributed by atoms with van der Waals surface area (Å²) in [5, 5.41) is 8.36. The average Bonchev–Trinajstić information content (AvgIpc) is 2.72. The van der Waals surface area contributed by atoms with Gasteiger partial charge in [0.25, 0.3) is 5.91 Å². The normalized spacial score (nSPS) is 10.8. The maximum atomic E-state index is 12.6. The molecule has 2 amide bonds. The van der Waals surface area contributed by atoms with Crippen molar-refractivity contribution < 1.29 is 19.1 Å². The molecule has 0 radical (unpaired) electrons.